The van der Waals surface area contributed by atoms with E-state index in [4.69, 9.17) is 4.74 Å². The summed E-state index contributed by atoms with van der Waals surface area (Å²) in [6.45, 7) is 4.34. The van der Waals surface area contributed by atoms with E-state index >= 15 is 0 Å². The minimum absolute atomic E-state index is 0.0217. The largest absolute Gasteiger partial charge is 0.381 e. The number of nitrogens with zero attached hydrogens (tertiary/aromatic N) is 3. The van der Waals surface area contributed by atoms with Gasteiger partial charge >= 0.3 is 0 Å². The van der Waals surface area contributed by atoms with Crippen molar-refractivity contribution in [3.05, 3.63) is 30.0 Å². The molecular formula is C18H25FN4O2. The van der Waals surface area contributed by atoms with Crippen LogP contribution in [0.3, 0.4) is 0 Å². The summed E-state index contributed by atoms with van der Waals surface area (Å²) in [5.74, 6) is 1.23. The molecule has 25 heavy (non-hydrogen) atoms. The number of rotatable bonds is 5. The van der Waals surface area contributed by atoms with Crippen LogP contribution in [0.4, 0.5) is 10.2 Å². The van der Waals surface area contributed by atoms with Crippen molar-refractivity contribution in [2.75, 3.05) is 38.2 Å². The molecule has 1 unspecified atom stereocenters. The van der Waals surface area contributed by atoms with Gasteiger partial charge in [-0.1, -0.05) is 0 Å². The lowest BCUT2D eigenvalue weighted by Gasteiger charge is -2.34. The van der Waals surface area contributed by atoms with E-state index in [0.717, 1.165) is 12.8 Å². The van der Waals surface area contributed by atoms with Crippen LogP contribution in [0.2, 0.25) is 0 Å². The van der Waals surface area contributed by atoms with Gasteiger partial charge in [-0.2, -0.15) is 0 Å². The molecule has 1 saturated heterocycles. The van der Waals surface area contributed by atoms with Gasteiger partial charge in [0.1, 0.15) is 17.5 Å². The highest BCUT2D eigenvalue weighted by atomic mass is 19.1. The van der Waals surface area contributed by atoms with Crippen LogP contribution in [0.15, 0.2) is 24.2 Å². The lowest BCUT2D eigenvalue weighted by Crippen LogP contribution is -2.45. The number of halogens is 1. The van der Waals surface area contributed by atoms with Crippen molar-refractivity contribution < 1.29 is 13.9 Å². The maximum atomic E-state index is 13.6. The third-order valence-corrected chi connectivity index (χ3v) is 4.85. The predicted molar refractivity (Wildman–Crippen MR) is 92.7 cm³/mol. The number of carbonyl (C=O) groups excluding carboxylic acids is 1. The Morgan fingerprint density at radius 1 is 1.48 bits per heavy atom. The predicted octanol–water partition coefficient (Wildman–Crippen LogP) is 2.33. The van der Waals surface area contributed by atoms with Crippen molar-refractivity contribution in [3.8, 4) is 0 Å². The van der Waals surface area contributed by atoms with Gasteiger partial charge in [0.2, 0.25) is 5.91 Å². The van der Waals surface area contributed by atoms with Gasteiger partial charge in [-0.15, -0.1) is 0 Å². The van der Waals surface area contributed by atoms with Crippen LogP contribution in [0.5, 0.6) is 0 Å². The molecule has 1 atom stereocenters. The molecule has 0 aliphatic carbocycles. The Balaban J connectivity index is 1.70. The minimum Gasteiger partial charge on any atom is -0.381 e. The summed E-state index contributed by atoms with van der Waals surface area (Å²) in [6, 6.07) is 1.79. The Hall–Kier alpha value is -2.02. The summed E-state index contributed by atoms with van der Waals surface area (Å²) in [5, 5.41) is 3.27. The average Bonchev–Trinajstić information content (AvgIpc) is 2.63. The van der Waals surface area contributed by atoms with E-state index in [1.54, 1.807) is 23.2 Å². The Bertz CT molecular complexity index is 631. The van der Waals surface area contributed by atoms with E-state index in [1.807, 2.05) is 6.92 Å². The summed E-state index contributed by atoms with van der Waals surface area (Å²) >= 11 is 0. The highest BCUT2D eigenvalue weighted by Crippen LogP contribution is 2.27. The normalized spacial score (nSPS) is 20.1. The van der Waals surface area contributed by atoms with Crippen LogP contribution in [-0.2, 0) is 9.53 Å². The second-order valence-electron chi connectivity index (χ2n) is 6.63. The topological polar surface area (TPSA) is 67.4 Å². The molecule has 0 aromatic carbocycles. The first-order valence-corrected chi connectivity index (χ1v) is 8.88. The van der Waals surface area contributed by atoms with Gasteiger partial charge < -0.3 is 15.0 Å². The number of carbonyl (C=O) groups is 1. The van der Waals surface area contributed by atoms with Gasteiger partial charge in [-0.25, -0.2) is 14.4 Å². The summed E-state index contributed by atoms with van der Waals surface area (Å²) in [4.78, 5) is 23.1. The first-order chi connectivity index (χ1) is 12.1. The van der Waals surface area contributed by atoms with Crippen molar-refractivity contribution in [1.82, 2.24) is 14.9 Å². The standard InChI is InChI=1S/C18H25FN4O2/c1-13-20-7-4-17(22-13)21-11-16(14-5-9-25-10-6-14)18(24)23-8-2-3-15(19)12-23/h3-4,7,14,16H,2,5-6,8-12H2,1H3,(H,20,21,22). The average molecular weight is 348 g/mol. The van der Waals surface area contributed by atoms with Crippen LogP contribution in [0, 0.1) is 18.8 Å². The van der Waals surface area contributed by atoms with Gasteiger partial charge in [0, 0.05) is 32.5 Å². The summed E-state index contributed by atoms with van der Waals surface area (Å²) in [6.07, 6.45) is 5.55. The number of aromatic nitrogens is 2. The molecule has 2 aliphatic heterocycles. The summed E-state index contributed by atoms with van der Waals surface area (Å²) in [7, 11) is 0. The third kappa shape index (κ3) is 4.75. The smallest absolute Gasteiger partial charge is 0.228 e. The second-order valence-corrected chi connectivity index (χ2v) is 6.63. The fraction of sp³-hybridized carbons (Fsp3) is 0.611. The molecule has 1 fully saturated rings. The zero-order valence-electron chi connectivity index (χ0n) is 14.6. The fourth-order valence-electron chi connectivity index (χ4n) is 3.47. The second kappa shape index (κ2) is 8.38. The van der Waals surface area contributed by atoms with Crippen LogP contribution >= 0.6 is 0 Å². The van der Waals surface area contributed by atoms with Crippen molar-refractivity contribution in [2.24, 2.45) is 11.8 Å². The van der Waals surface area contributed by atoms with Gasteiger partial charge in [-0.3, -0.25) is 4.79 Å². The fourth-order valence-corrected chi connectivity index (χ4v) is 3.47. The van der Waals surface area contributed by atoms with Crippen molar-refractivity contribution in [1.29, 1.82) is 0 Å². The molecule has 0 saturated carbocycles. The summed E-state index contributed by atoms with van der Waals surface area (Å²) < 4.78 is 19.0. The molecule has 1 N–H and O–H groups in total. The molecule has 136 valence electrons. The lowest BCUT2D eigenvalue weighted by molar-refractivity contribution is -0.138. The van der Waals surface area contributed by atoms with E-state index in [1.165, 1.54) is 0 Å². The number of amides is 1. The molecule has 0 radical (unpaired) electrons. The maximum absolute atomic E-state index is 13.6. The van der Waals surface area contributed by atoms with Crippen LogP contribution < -0.4 is 5.32 Å². The molecule has 3 heterocycles. The van der Waals surface area contributed by atoms with Crippen molar-refractivity contribution in [2.45, 2.75) is 26.2 Å². The van der Waals surface area contributed by atoms with Crippen molar-refractivity contribution in [3.63, 3.8) is 0 Å². The number of hydrogen-bond donors (Lipinski definition) is 1. The van der Waals surface area contributed by atoms with Crippen LogP contribution in [-0.4, -0.2) is 53.6 Å². The highest BCUT2D eigenvalue weighted by Gasteiger charge is 2.33. The van der Waals surface area contributed by atoms with E-state index in [0.29, 0.717) is 44.4 Å². The van der Waals surface area contributed by atoms with Crippen molar-refractivity contribution >= 4 is 11.7 Å². The zero-order chi connectivity index (χ0) is 17.6. The molecule has 1 aromatic rings. The molecule has 0 bridgehead atoms. The Labute approximate surface area is 147 Å². The quantitative estimate of drug-likeness (QED) is 0.885. The first-order valence-electron chi connectivity index (χ1n) is 8.88. The number of anilines is 1. The lowest BCUT2D eigenvalue weighted by atomic mass is 9.84. The van der Waals surface area contributed by atoms with Gasteiger partial charge in [0.25, 0.3) is 0 Å². The van der Waals surface area contributed by atoms with Gasteiger partial charge in [-0.05, 0) is 44.2 Å². The molecule has 6 nitrogen and oxygen atoms in total. The van der Waals surface area contributed by atoms with E-state index in [9.17, 15) is 9.18 Å². The van der Waals surface area contributed by atoms with Gasteiger partial charge in [0.15, 0.2) is 0 Å². The molecule has 1 amide bonds. The molecule has 7 heteroatoms. The zero-order valence-corrected chi connectivity index (χ0v) is 14.6. The van der Waals surface area contributed by atoms with Crippen LogP contribution in [0.25, 0.3) is 0 Å². The molecule has 2 aliphatic rings. The first kappa shape index (κ1) is 17.8. The number of ether oxygens (including phenoxy) is 1. The third-order valence-electron chi connectivity index (χ3n) is 4.85. The highest BCUT2D eigenvalue weighted by molar-refractivity contribution is 5.80. The Morgan fingerprint density at radius 2 is 2.28 bits per heavy atom. The molecular weight excluding hydrogens is 323 g/mol. The number of nitrogens with one attached hydrogen (secondary N) is 1. The SMILES string of the molecule is Cc1nccc(NCC(C(=O)N2CCC=C(F)C2)C2CCOCC2)n1. The summed E-state index contributed by atoms with van der Waals surface area (Å²) in [5.41, 5.74) is 0. The van der Waals surface area contributed by atoms with E-state index in [-0.39, 0.29) is 30.1 Å². The Morgan fingerprint density at radius 3 is 3.00 bits per heavy atom. The van der Waals surface area contributed by atoms with Gasteiger partial charge in [0.05, 0.1) is 12.5 Å². The molecule has 0 spiro atoms. The minimum atomic E-state index is -0.218. The molecule has 1 aromatic heterocycles. The maximum Gasteiger partial charge on any atom is 0.228 e. The van der Waals surface area contributed by atoms with Crippen LogP contribution in [0.1, 0.15) is 25.1 Å². The Kier molecular flexibility index (Phi) is 5.96. The van der Waals surface area contributed by atoms with E-state index in [2.05, 4.69) is 15.3 Å². The van der Waals surface area contributed by atoms with E-state index < -0.39 is 0 Å². The number of aryl methyl sites for hydroxylation is 1. The molecule has 3 rings (SSSR count). The number of hydrogen-bond acceptors (Lipinski definition) is 5. The monoisotopic (exact) mass is 348 g/mol.